The summed E-state index contributed by atoms with van der Waals surface area (Å²) in [5.74, 6) is 0. The highest BCUT2D eigenvalue weighted by Crippen LogP contribution is 2.30. The van der Waals surface area contributed by atoms with Gasteiger partial charge in [-0.15, -0.1) is 0 Å². The molecule has 0 amide bonds. The zero-order chi connectivity index (χ0) is 24.2. The van der Waals surface area contributed by atoms with Crippen LogP contribution in [0.15, 0.2) is 77.7 Å². The highest BCUT2D eigenvalue weighted by atomic mass is 32.2. The molecule has 0 aromatic heterocycles. The lowest BCUT2D eigenvalue weighted by atomic mass is 10.0. The maximum atomic E-state index is 12.8. The van der Waals surface area contributed by atoms with E-state index in [1.807, 2.05) is 18.2 Å². The second-order valence-electron chi connectivity index (χ2n) is 8.54. The Balaban J connectivity index is 1.37. The molecule has 0 unspecified atom stereocenters. The van der Waals surface area contributed by atoms with E-state index in [-0.39, 0.29) is 4.90 Å². The Hall–Kier alpha value is -2.84. The third-order valence-electron chi connectivity index (χ3n) is 6.13. The van der Waals surface area contributed by atoms with E-state index in [2.05, 4.69) is 33.9 Å². The predicted octanol–water partition coefficient (Wildman–Crippen LogP) is 5.54. The van der Waals surface area contributed by atoms with Gasteiger partial charge in [0.25, 0.3) is 10.0 Å². The van der Waals surface area contributed by atoms with Gasteiger partial charge in [-0.25, -0.2) is 8.42 Å². The van der Waals surface area contributed by atoms with Gasteiger partial charge in [0.05, 0.1) is 10.5 Å². The monoisotopic (exact) mass is 488 g/mol. The molecule has 1 aliphatic heterocycles. The van der Waals surface area contributed by atoms with E-state index in [4.69, 9.17) is 0 Å². The minimum absolute atomic E-state index is 0.208. The average molecular weight is 489 g/mol. The van der Waals surface area contributed by atoms with Crippen LogP contribution in [0.5, 0.6) is 0 Å². The maximum absolute atomic E-state index is 12.8. The first kappa shape index (κ1) is 24.3. The van der Waals surface area contributed by atoms with Crippen molar-refractivity contribution < 1.29 is 21.6 Å². The number of nitrogens with one attached hydrogen (secondary N) is 1. The molecule has 0 bridgehead atoms. The normalized spacial score (nSPS) is 14.9. The second-order valence-corrected chi connectivity index (χ2v) is 10.2. The van der Waals surface area contributed by atoms with E-state index in [0.29, 0.717) is 5.69 Å². The molecule has 0 atom stereocenters. The van der Waals surface area contributed by atoms with Gasteiger partial charge in [-0.1, -0.05) is 36.4 Å². The van der Waals surface area contributed by atoms with E-state index in [1.54, 1.807) is 6.07 Å². The third-order valence-corrected chi connectivity index (χ3v) is 7.52. The molecule has 180 valence electrons. The van der Waals surface area contributed by atoms with Gasteiger partial charge < -0.3 is 4.90 Å². The molecule has 3 aromatic carbocycles. The molecule has 1 N–H and O–H groups in total. The van der Waals surface area contributed by atoms with E-state index in [9.17, 15) is 21.6 Å². The van der Waals surface area contributed by atoms with Gasteiger partial charge in [-0.05, 0) is 85.3 Å². The standard InChI is InChI=1S/C26H27F3N2O2S/c27-26(28,29)23-9-12-25(13-10-23)34(32,33)30-24-11-8-21-14-17-31(18-15-22(21)19-24)16-4-7-20-5-2-1-3-6-20/h1-3,5-6,8-13,19,30H,4,7,14-18H2. The molecule has 8 heteroatoms. The summed E-state index contributed by atoms with van der Waals surface area (Å²) >= 11 is 0. The Morgan fingerprint density at radius 1 is 0.853 bits per heavy atom. The quantitative estimate of drug-likeness (QED) is 0.475. The summed E-state index contributed by atoms with van der Waals surface area (Å²) in [6.07, 6.45) is -0.677. The van der Waals surface area contributed by atoms with E-state index < -0.39 is 21.8 Å². The molecule has 3 aromatic rings. The van der Waals surface area contributed by atoms with Crippen molar-refractivity contribution in [2.75, 3.05) is 24.4 Å². The number of sulfonamides is 1. The number of hydrogen-bond donors (Lipinski definition) is 1. The number of aryl methyl sites for hydroxylation is 1. The van der Waals surface area contributed by atoms with Crippen molar-refractivity contribution >= 4 is 15.7 Å². The minimum Gasteiger partial charge on any atom is -0.303 e. The molecule has 0 radical (unpaired) electrons. The van der Waals surface area contributed by atoms with Gasteiger partial charge in [0.15, 0.2) is 0 Å². The van der Waals surface area contributed by atoms with Crippen LogP contribution in [0, 0.1) is 0 Å². The molecule has 0 saturated carbocycles. The lowest BCUT2D eigenvalue weighted by molar-refractivity contribution is -0.137. The predicted molar refractivity (Wildman–Crippen MR) is 127 cm³/mol. The third kappa shape index (κ3) is 6.18. The number of benzene rings is 3. The van der Waals surface area contributed by atoms with Gasteiger partial charge in [0.2, 0.25) is 0 Å². The smallest absolute Gasteiger partial charge is 0.303 e. The maximum Gasteiger partial charge on any atom is 0.416 e. The van der Waals surface area contributed by atoms with Crippen LogP contribution in [-0.2, 0) is 35.5 Å². The lowest BCUT2D eigenvalue weighted by Crippen LogP contribution is -2.27. The first-order chi connectivity index (χ1) is 16.2. The van der Waals surface area contributed by atoms with E-state index in [1.165, 1.54) is 11.1 Å². The van der Waals surface area contributed by atoms with Gasteiger partial charge in [0.1, 0.15) is 0 Å². The molecule has 0 spiro atoms. The Kier molecular flexibility index (Phi) is 7.28. The number of rotatable bonds is 7. The molecule has 0 aliphatic carbocycles. The molecule has 1 aliphatic rings. The second kappa shape index (κ2) is 10.2. The first-order valence-corrected chi connectivity index (χ1v) is 12.8. The molecule has 34 heavy (non-hydrogen) atoms. The van der Waals surface area contributed by atoms with Gasteiger partial charge in [-0.3, -0.25) is 4.72 Å². The average Bonchev–Trinajstić information content (AvgIpc) is 3.01. The molecule has 0 fully saturated rings. The lowest BCUT2D eigenvalue weighted by Gasteiger charge is -2.19. The molecule has 1 heterocycles. The van der Waals surface area contributed by atoms with Crippen molar-refractivity contribution in [2.24, 2.45) is 0 Å². The van der Waals surface area contributed by atoms with Crippen molar-refractivity contribution in [2.45, 2.75) is 36.8 Å². The summed E-state index contributed by atoms with van der Waals surface area (Å²) in [6, 6.07) is 19.4. The summed E-state index contributed by atoms with van der Waals surface area (Å²) in [7, 11) is -3.99. The number of halogens is 3. The van der Waals surface area contributed by atoms with Crippen molar-refractivity contribution in [3.8, 4) is 0 Å². The van der Waals surface area contributed by atoms with Crippen LogP contribution in [0.25, 0.3) is 0 Å². The number of nitrogens with zero attached hydrogens (tertiary/aromatic N) is 1. The van der Waals surface area contributed by atoms with Crippen LogP contribution < -0.4 is 4.72 Å². The van der Waals surface area contributed by atoms with E-state index >= 15 is 0 Å². The van der Waals surface area contributed by atoms with Crippen LogP contribution >= 0.6 is 0 Å². The SMILES string of the molecule is O=S(=O)(Nc1ccc2c(c1)CCN(CCCc1ccccc1)CC2)c1ccc(C(F)(F)F)cc1. The highest BCUT2D eigenvalue weighted by Gasteiger charge is 2.30. The van der Waals surface area contributed by atoms with Gasteiger partial charge >= 0.3 is 6.18 Å². The highest BCUT2D eigenvalue weighted by molar-refractivity contribution is 7.92. The fourth-order valence-electron chi connectivity index (χ4n) is 4.25. The topological polar surface area (TPSA) is 49.4 Å². The Labute approximate surface area is 198 Å². The van der Waals surface area contributed by atoms with Crippen molar-refractivity contribution in [1.29, 1.82) is 0 Å². The molecular formula is C26H27F3N2O2S. The summed E-state index contributed by atoms with van der Waals surface area (Å²) < 4.78 is 66.2. The van der Waals surface area contributed by atoms with Crippen molar-refractivity contribution in [1.82, 2.24) is 4.90 Å². The zero-order valence-electron chi connectivity index (χ0n) is 18.7. The van der Waals surface area contributed by atoms with Crippen molar-refractivity contribution in [3.05, 3.63) is 95.1 Å². The van der Waals surface area contributed by atoms with Gasteiger partial charge in [-0.2, -0.15) is 13.2 Å². The molecule has 0 saturated heterocycles. The minimum atomic E-state index is -4.51. The summed E-state index contributed by atoms with van der Waals surface area (Å²) in [5, 5.41) is 0. The number of alkyl halides is 3. The van der Waals surface area contributed by atoms with Crippen LogP contribution in [0.3, 0.4) is 0 Å². The van der Waals surface area contributed by atoms with Crippen LogP contribution in [0.1, 0.15) is 28.7 Å². The fourth-order valence-corrected chi connectivity index (χ4v) is 5.30. The fraction of sp³-hybridized carbons (Fsp3) is 0.308. The molecule has 4 rings (SSSR count). The summed E-state index contributed by atoms with van der Waals surface area (Å²) in [4.78, 5) is 2.23. The molecular weight excluding hydrogens is 461 g/mol. The Morgan fingerprint density at radius 2 is 1.53 bits per heavy atom. The Bertz CT molecular complexity index is 1210. The van der Waals surface area contributed by atoms with E-state index in [0.717, 1.165) is 75.1 Å². The van der Waals surface area contributed by atoms with Gasteiger partial charge in [0, 0.05) is 18.8 Å². The number of anilines is 1. The number of hydrogen-bond acceptors (Lipinski definition) is 3. The number of fused-ring (bicyclic) bond motifs is 1. The zero-order valence-corrected chi connectivity index (χ0v) is 19.5. The van der Waals surface area contributed by atoms with Crippen molar-refractivity contribution in [3.63, 3.8) is 0 Å². The largest absolute Gasteiger partial charge is 0.416 e. The first-order valence-electron chi connectivity index (χ1n) is 11.3. The van der Waals surface area contributed by atoms with Crippen LogP contribution in [0.4, 0.5) is 18.9 Å². The Morgan fingerprint density at radius 3 is 2.21 bits per heavy atom. The van der Waals surface area contributed by atoms with Crippen LogP contribution in [-0.4, -0.2) is 33.0 Å². The summed E-state index contributed by atoms with van der Waals surface area (Å²) in [5.41, 5.74) is 3.16. The summed E-state index contributed by atoms with van der Waals surface area (Å²) in [6.45, 7) is 2.87. The van der Waals surface area contributed by atoms with Crippen LogP contribution in [0.2, 0.25) is 0 Å². The molecule has 4 nitrogen and oxygen atoms in total.